The zero-order valence-electron chi connectivity index (χ0n) is 18.1. The molecular formula is C22H19F3N6O3. The monoisotopic (exact) mass is 472 g/mol. The maximum atomic E-state index is 13.8. The Morgan fingerprint density at radius 1 is 1.00 bits per heavy atom. The van der Waals surface area contributed by atoms with Crippen molar-refractivity contribution in [1.82, 2.24) is 24.3 Å². The number of hydrogen-bond acceptors (Lipinski definition) is 6. The van der Waals surface area contributed by atoms with Crippen LogP contribution in [0.25, 0.3) is 0 Å². The molecule has 34 heavy (non-hydrogen) atoms. The van der Waals surface area contributed by atoms with Crippen LogP contribution in [0, 0.1) is 24.4 Å². The average molecular weight is 472 g/mol. The van der Waals surface area contributed by atoms with Crippen LogP contribution in [0.4, 0.5) is 24.8 Å². The number of hydrogen-bond donors (Lipinski definition) is 2. The summed E-state index contributed by atoms with van der Waals surface area (Å²) in [6, 6.07) is 9.76. The van der Waals surface area contributed by atoms with E-state index in [1.807, 2.05) is 0 Å². The van der Waals surface area contributed by atoms with Gasteiger partial charge in [-0.25, -0.2) is 27.3 Å². The van der Waals surface area contributed by atoms with E-state index in [4.69, 9.17) is 4.74 Å². The van der Waals surface area contributed by atoms with Crippen molar-refractivity contribution in [3.63, 3.8) is 0 Å². The van der Waals surface area contributed by atoms with Crippen LogP contribution < -0.4 is 21.4 Å². The Kier molecular flexibility index (Phi) is 6.21. The summed E-state index contributed by atoms with van der Waals surface area (Å²) in [5, 5.41) is 9.60. The van der Waals surface area contributed by atoms with Gasteiger partial charge in [-0.15, -0.1) is 0 Å². The molecule has 2 aromatic carbocycles. The number of aryl methyl sites for hydroxylation is 1. The molecule has 0 saturated carbocycles. The van der Waals surface area contributed by atoms with Gasteiger partial charge in [0, 0.05) is 11.4 Å². The van der Waals surface area contributed by atoms with Gasteiger partial charge in [-0.1, -0.05) is 0 Å². The fourth-order valence-electron chi connectivity index (χ4n) is 3.31. The van der Waals surface area contributed by atoms with Gasteiger partial charge in [-0.2, -0.15) is 10.1 Å². The van der Waals surface area contributed by atoms with E-state index >= 15 is 0 Å². The van der Waals surface area contributed by atoms with Gasteiger partial charge in [0.25, 0.3) is 0 Å². The largest absolute Gasteiger partial charge is 0.497 e. The van der Waals surface area contributed by atoms with Crippen molar-refractivity contribution in [2.45, 2.75) is 20.0 Å². The summed E-state index contributed by atoms with van der Waals surface area (Å²) < 4.78 is 47.9. The fourth-order valence-corrected chi connectivity index (χ4v) is 3.31. The van der Waals surface area contributed by atoms with E-state index < -0.39 is 35.4 Å². The number of halogens is 3. The van der Waals surface area contributed by atoms with Gasteiger partial charge in [0.2, 0.25) is 5.95 Å². The SMILES string of the molecule is COc1ccc(Nc2nc(=O)n(Cc3cc(C)[nH]n3)c(=O)n2Cc2cc(F)c(F)c(F)c2)cc1. The molecule has 2 N–H and O–H groups in total. The van der Waals surface area contributed by atoms with Gasteiger partial charge >= 0.3 is 11.4 Å². The normalized spacial score (nSPS) is 11.0. The fraction of sp³-hybridized carbons (Fsp3) is 0.182. The Morgan fingerprint density at radius 2 is 1.68 bits per heavy atom. The molecule has 2 aromatic heterocycles. The highest BCUT2D eigenvalue weighted by Gasteiger charge is 2.17. The van der Waals surface area contributed by atoms with Crippen molar-refractivity contribution in [3.8, 4) is 5.75 Å². The lowest BCUT2D eigenvalue weighted by atomic mass is 10.2. The highest BCUT2D eigenvalue weighted by molar-refractivity contribution is 5.54. The van der Waals surface area contributed by atoms with Crippen molar-refractivity contribution >= 4 is 11.6 Å². The minimum Gasteiger partial charge on any atom is -0.497 e. The zero-order valence-corrected chi connectivity index (χ0v) is 18.1. The van der Waals surface area contributed by atoms with E-state index in [0.717, 1.165) is 27.0 Å². The molecule has 4 rings (SSSR count). The number of methoxy groups -OCH3 is 1. The number of benzene rings is 2. The smallest absolute Gasteiger partial charge is 0.355 e. The lowest BCUT2D eigenvalue weighted by Crippen LogP contribution is -2.43. The van der Waals surface area contributed by atoms with E-state index in [0.29, 0.717) is 17.1 Å². The second-order valence-electron chi connectivity index (χ2n) is 7.44. The first-order valence-corrected chi connectivity index (χ1v) is 10.0. The summed E-state index contributed by atoms with van der Waals surface area (Å²) in [6.07, 6.45) is 0. The van der Waals surface area contributed by atoms with Crippen molar-refractivity contribution in [2.75, 3.05) is 12.4 Å². The molecule has 2 heterocycles. The van der Waals surface area contributed by atoms with E-state index in [1.54, 1.807) is 37.3 Å². The molecule has 0 radical (unpaired) electrons. The Morgan fingerprint density at radius 3 is 2.26 bits per heavy atom. The molecule has 0 amide bonds. The first kappa shape index (κ1) is 22.8. The second kappa shape index (κ2) is 9.25. The van der Waals surface area contributed by atoms with Crippen LogP contribution in [0.3, 0.4) is 0 Å². The van der Waals surface area contributed by atoms with Crippen LogP contribution >= 0.6 is 0 Å². The lowest BCUT2D eigenvalue weighted by Gasteiger charge is -2.16. The summed E-state index contributed by atoms with van der Waals surface area (Å²) >= 11 is 0. The van der Waals surface area contributed by atoms with Crippen LogP contribution in [-0.4, -0.2) is 31.4 Å². The van der Waals surface area contributed by atoms with Gasteiger partial charge in [0.15, 0.2) is 17.5 Å². The molecule has 0 spiro atoms. The van der Waals surface area contributed by atoms with E-state index in [2.05, 4.69) is 20.5 Å². The molecule has 0 unspecified atom stereocenters. The van der Waals surface area contributed by atoms with Crippen LogP contribution in [0.2, 0.25) is 0 Å². The van der Waals surface area contributed by atoms with E-state index in [1.165, 1.54) is 7.11 Å². The predicted molar refractivity (Wildman–Crippen MR) is 117 cm³/mol. The molecule has 0 aliphatic rings. The number of H-pyrrole nitrogens is 1. The predicted octanol–water partition coefficient (Wildman–Crippen LogP) is 2.70. The molecule has 0 fully saturated rings. The summed E-state index contributed by atoms with van der Waals surface area (Å²) in [5.74, 6) is -4.01. The summed E-state index contributed by atoms with van der Waals surface area (Å²) in [6.45, 7) is 1.19. The maximum Gasteiger partial charge on any atom is 0.355 e. The van der Waals surface area contributed by atoms with E-state index in [-0.39, 0.29) is 18.1 Å². The molecule has 0 bridgehead atoms. The van der Waals surface area contributed by atoms with Gasteiger partial charge in [-0.05, 0) is 55.0 Å². The van der Waals surface area contributed by atoms with Crippen LogP contribution in [0.1, 0.15) is 17.0 Å². The molecule has 0 saturated heterocycles. The highest BCUT2D eigenvalue weighted by atomic mass is 19.2. The van der Waals surface area contributed by atoms with Crippen molar-refractivity contribution in [2.24, 2.45) is 0 Å². The first-order valence-electron chi connectivity index (χ1n) is 10.0. The Balaban J connectivity index is 1.80. The Labute approximate surface area is 190 Å². The number of anilines is 2. The molecule has 4 aromatic rings. The van der Waals surface area contributed by atoms with Crippen LogP contribution in [0.5, 0.6) is 5.75 Å². The lowest BCUT2D eigenvalue weighted by molar-refractivity contribution is 0.415. The molecule has 0 aliphatic heterocycles. The topological polar surface area (TPSA) is 107 Å². The van der Waals surface area contributed by atoms with Crippen LogP contribution in [0.15, 0.2) is 52.1 Å². The molecule has 9 nitrogen and oxygen atoms in total. The van der Waals surface area contributed by atoms with Gasteiger partial charge in [-0.3, -0.25) is 9.67 Å². The number of aromatic nitrogens is 5. The van der Waals surface area contributed by atoms with Crippen molar-refractivity contribution in [3.05, 3.63) is 97.8 Å². The van der Waals surface area contributed by atoms with Crippen molar-refractivity contribution in [1.29, 1.82) is 0 Å². The summed E-state index contributed by atoms with van der Waals surface area (Å²) in [4.78, 5) is 29.9. The summed E-state index contributed by atoms with van der Waals surface area (Å²) in [5.41, 5.74) is -0.0840. The van der Waals surface area contributed by atoms with Gasteiger partial charge < -0.3 is 10.1 Å². The molecule has 0 aliphatic carbocycles. The minimum absolute atomic E-state index is 0.0427. The highest BCUT2D eigenvalue weighted by Crippen LogP contribution is 2.19. The summed E-state index contributed by atoms with van der Waals surface area (Å²) in [7, 11) is 1.50. The molecule has 0 atom stereocenters. The number of nitrogens with one attached hydrogen (secondary N) is 2. The third-order valence-electron chi connectivity index (χ3n) is 4.96. The number of ether oxygens (including phenoxy) is 1. The standard InChI is InChI=1S/C22H19F3N6O3/c1-12-7-15(29-28-12)11-31-21(32)27-20(26-14-3-5-16(34-2)6-4-14)30(22(31)33)10-13-8-17(23)19(25)18(24)9-13/h3-9H,10-11H2,1-2H3,(H,28,29)(H,26,27,32). The maximum absolute atomic E-state index is 13.8. The quantitative estimate of drug-likeness (QED) is 0.401. The third-order valence-corrected chi connectivity index (χ3v) is 4.96. The average Bonchev–Trinajstić information content (AvgIpc) is 3.22. The number of nitrogens with zero attached hydrogens (tertiary/aromatic N) is 4. The Hall–Kier alpha value is -4.35. The van der Waals surface area contributed by atoms with Gasteiger partial charge in [0.05, 0.1) is 25.9 Å². The number of aromatic amines is 1. The molecule has 12 heteroatoms. The second-order valence-corrected chi connectivity index (χ2v) is 7.44. The van der Waals surface area contributed by atoms with Crippen molar-refractivity contribution < 1.29 is 17.9 Å². The van der Waals surface area contributed by atoms with Crippen LogP contribution in [-0.2, 0) is 13.1 Å². The Bertz CT molecular complexity index is 1440. The molecule has 176 valence electrons. The molecular weight excluding hydrogens is 453 g/mol. The third kappa shape index (κ3) is 4.70. The first-order chi connectivity index (χ1) is 16.2. The van der Waals surface area contributed by atoms with E-state index in [9.17, 15) is 22.8 Å². The minimum atomic E-state index is -1.62. The van der Waals surface area contributed by atoms with Gasteiger partial charge in [0.1, 0.15) is 5.75 Å². The zero-order chi connectivity index (χ0) is 24.4. The number of rotatable bonds is 7.